The second kappa shape index (κ2) is 5.97. The van der Waals surface area contributed by atoms with E-state index in [0.29, 0.717) is 29.6 Å². The Balaban J connectivity index is 1.37. The van der Waals surface area contributed by atoms with E-state index in [2.05, 4.69) is 25.5 Å². The van der Waals surface area contributed by atoms with Crippen LogP contribution in [-0.4, -0.2) is 30.7 Å². The van der Waals surface area contributed by atoms with Crippen LogP contribution in [0.4, 0.5) is 10.3 Å². The molecule has 8 heteroatoms. The Morgan fingerprint density at radius 1 is 1.24 bits per heavy atom. The van der Waals surface area contributed by atoms with Gasteiger partial charge in [0.1, 0.15) is 24.0 Å². The zero-order valence-electron chi connectivity index (χ0n) is 15.6. The summed E-state index contributed by atoms with van der Waals surface area (Å²) in [7, 11) is 0. The molecule has 7 nitrogen and oxygen atoms in total. The number of nitrogens with zero attached hydrogens (tertiary/aromatic N) is 5. The summed E-state index contributed by atoms with van der Waals surface area (Å²) in [5, 5.41) is 11.6. The van der Waals surface area contributed by atoms with Crippen molar-refractivity contribution in [1.29, 1.82) is 0 Å². The lowest BCUT2D eigenvalue weighted by Crippen LogP contribution is -2.10. The minimum Gasteiger partial charge on any atom is -0.489 e. The summed E-state index contributed by atoms with van der Waals surface area (Å²) >= 11 is 0. The molecule has 4 aromatic rings. The van der Waals surface area contributed by atoms with Crippen molar-refractivity contribution in [3.05, 3.63) is 65.6 Å². The molecule has 29 heavy (non-hydrogen) atoms. The van der Waals surface area contributed by atoms with E-state index in [1.165, 1.54) is 6.07 Å². The summed E-state index contributed by atoms with van der Waals surface area (Å²) in [4.78, 5) is 8.90. The molecule has 2 atom stereocenters. The van der Waals surface area contributed by atoms with E-state index in [4.69, 9.17) is 4.74 Å². The van der Waals surface area contributed by atoms with Gasteiger partial charge in [0.25, 0.3) is 0 Å². The fourth-order valence-corrected chi connectivity index (χ4v) is 4.15. The van der Waals surface area contributed by atoms with Gasteiger partial charge in [0, 0.05) is 52.8 Å². The van der Waals surface area contributed by atoms with Gasteiger partial charge in [-0.25, -0.2) is 9.37 Å². The van der Waals surface area contributed by atoms with E-state index in [0.717, 1.165) is 34.6 Å². The van der Waals surface area contributed by atoms with Crippen LogP contribution in [0.1, 0.15) is 29.2 Å². The molecule has 0 saturated heterocycles. The van der Waals surface area contributed by atoms with E-state index in [1.54, 1.807) is 29.2 Å². The molecular formula is C21H17FN6O. The highest BCUT2D eigenvalue weighted by atomic mass is 19.1. The SMILES string of the molecule is Cc1ncccc1-c1cnc(NCc2c(F)ccc3c2[C@@H]2C[C@@H]2O3)n2cnnc12. The fourth-order valence-electron chi connectivity index (χ4n) is 4.15. The number of aryl methyl sites for hydroxylation is 1. The van der Waals surface area contributed by atoms with Gasteiger partial charge in [-0.1, -0.05) is 6.07 Å². The summed E-state index contributed by atoms with van der Waals surface area (Å²) in [6.45, 7) is 2.26. The second-order valence-electron chi connectivity index (χ2n) is 7.45. The highest BCUT2D eigenvalue weighted by Crippen LogP contribution is 2.55. The van der Waals surface area contributed by atoms with Crippen LogP contribution in [0.5, 0.6) is 5.75 Å². The van der Waals surface area contributed by atoms with Gasteiger partial charge in [0.05, 0.1) is 0 Å². The van der Waals surface area contributed by atoms with Crippen LogP contribution in [-0.2, 0) is 6.54 Å². The van der Waals surface area contributed by atoms with Gasteiger partial charge >= 0.3 is 0 Å². The molecule has 1 N–H and O–H groups in total. The molecule has 3 aromatic heterocycles. The Labute approximate surface area is 165 Å². The molecule has 0 spiro atoms. The number of hydrogen-bond donors (Lipinski definition) is 1. The third-order valence-corrected chi connectivity index (χ3v) is 5.69. The molecule has 1 fully saturated rings. The molecule has 2 aliphatic rings. The van der Waals surface area contributed by atoms with Gasteiger partial charge < -0.3 is 10.1 Å². The maximum absolute atomic E-state index is 14.6. The smallest absolute Gasteiger partial charge is 0.210 e. The lowest BCUT2D eigenvalue weighted by Gasteiger charge is -2.14. The van der Waals surface area contributed by atoms with Crippen molar-refractivity contribution in [2.75, 3.05) is 5.32 Å². The van der Waals surface area contributed by atoms with Crippen molar-refractivity contribution in [2.45, 2.75) is 31.9 Å². The third-order valence-electron chi connectivity index (χ3n) is 5.69. The van der Waals surface area contributed by atoms with Gasteiger partial charge in [-0.2, -0.15) is 0 Å². The monoisotopic (exact) mass is 388 g/mol. The van der Waals surface area contributed by atoms with Crippen LogP contribution in [0, 0.1) is 12.7 Å². The predicted molar refractivity (Wildman–Crippen MR) is 104 cm³/mol. The number of fused-ring (bicyclic) bond motifs is 4. The molecule has 1 aliphatic heterocycles. The maximum atomic E-state index is 14.6. The number of pyridine rings is 1. The lowest BCUT2D eigenvalue weighted by molar-refractivity contribution is 0.318. The summed E-state index contributed by atoms with van der Waals surface area (Å²) in [6, 6.07) is 7.06. The Bertz CT molecular complexity index is 1270. The van der Waals surface area contributed by atoms with E-state index in [1.807, 2.05) is 19.1 Å². The quantitative estimate of drug-likeness (QED) is 0.577. The summed E-state index contributed by atoms with van der Waals surface area (Å²) < 4.78 is 22.2. The molecule has 4 heterocycles. The first kappa shape index (κ1) is 16.4. The van der Waals surface area contributed by atoms with Crippen molar-refractivity contribution in [3.63, 3.8) is 0 Å². The van der Waals surface area contributed by atoms with E-state index in [9.17, 15) is 4.39 Å². The second-order valence-corrected chi connectivity index (χ2v) is 7.45. The number of aromatic nitrogens is 5. The van der Waals surface area contributed by atoms with Gasteiger partial charge in [-0.15, -0.1) is 10.2 Å². The third kappa shape index (κ3) is 2.48. The normalized spacial score (nSPS) is 19.0. The van der Waals surface area contributed by atoms with Crippen LogP contribution >= 0.6 is 0 Å². The number of rotatable bonds is 4. The molecule has 144 valence electrons. The average Bonchev–Trinajstić information content (AvgIpc) is 3.14. The number of benzene rings is 1. The standard InChI is InChI=1S/C21H17FN6O/c1-11-12(3-2-6-23-11)14-8-24-21(28-10-26-27-20(14)28)25-9-15-16(22)4-5-17-19(15)13-7-18(13)29-17/h2-6,8,10,13,18H,7,9H2,1H3,(H,24,25)/t13-,18+/m1/s1. The van der Waals surface area contributed by atoms with Gasteiger partial charge in [-0.05, 0) is 31.5 Å². The number of halogens is 1. The van der Waals surface area contributed by atoms with Crippen LogP contribution in [0.25, 0.3) is 16.8 Å². The molecular weight excluding hydrogens is 371 g/mol. The van der Waals surface area contributed by atoms with Crippen LogP contribution in [0.2, 0.25) is 0 Å². The fraction of sp³-hybridized carbons (Fsp3) is 0.238. The minimum atomic E-state index is -0.227. The van der Waals surface area contributed by atoms with Crippen LogP contribution < -0.4 is 10.1 Å². The number of nitrogens with one attached hydrogen (secondary N) is 1. The van der Waals surface area contributed by atoms with E-state index >= 15 is 0 Å². The summed E-state index contributed by atoms with van der Waals surface area (Å²) in [6.07, 6.45) is 6.30. The molecule has 1 aliphatic carbocycles. The van der Waals surface area contributed by atoms with Crippen molar-refractivity contribution in [1.82, 2.24) is 24.6 Å². The van der Waals surface area contributed by atoms with Crippen molar-refractivity contribution >= 4 is 11.6 Å². The molecule has 0 bridgehead atoms. The van der Waals surface area contributed by atoms with Crippen molar-refractivity contribution in [2.24, 2.45) is 0 Å². The average molecular weight is 388 g/mol. The summed E-state index contributed by atoms with van der Waals surface area (Å²) in [5.74, 6) is 1.44. The molecule has 0 unspecified atom stereocenters. The van der Waals surface area contributed by atoms with E-state index in [-0.39, 0.29) is 11.9 Å². The largest absolute Gasteiger partial charge is 0.489 e. The Morgan fingerprint density at radius 2 is 2.17 bits per heavy atom. The Morgan fingerprint density at radius 3 is 3.07 bits per heavy atom. The van der Waals surface area contributed by atoms with E-state index < -0.39 is 0 Å². The molecule has 0 radical (unpaired) electrons. The number of anilines is 1. The predicted octanol–water partition coefficient (Wildman–Crippen LogP) is 3.49. The zero-order valence-corrected chi connectivity index (χ0v) is 15.6. The summed E-state index contributed by atoms with van der Waals surface area (Å²) in [5.41, 5.74) is 4.99. The van der Waals surface area contributed by atoms with Gasteiger partial charge in [0.15, 0.2) is 5.65 Å². The first-order chi connectivity index (χ1) is 14.2. The van der Waals surface area contributed by atoms with Crippen LogP contribution in [0.3, 0.4) is 0 Å². The van der Waals surface area contributed by atoms with Gasteiger partial charge in [-0.3, -0.25) is 9.38 Å². The Kier molecular flexibility index (Phi) is 3.38. The molecule has 0 amide bonds. The highest BCUT2D eigenvalue weighted by molar-refractivity contribution is 5.78. The number of ether oxygens (including phenoxy) is 1. The molecule has 1 aromatic carbocycles. The zero-order chi connectivity index (χ0) is 19.5. The van der Waals surface area contributed by atoms with Crippen molar-refractivity contribution < 1.29 is 9.13 Å². The first-order valence-electron chi connectivity index (χ1n) is 9.53. The topological polar surface area (TPSA) is 77.2 Å². The lowest BCUT2D eigenvalue weighted by atomic mass is 10.0. The highest BCUT2D eigenvalue weighted by Gasteiger charge is 2.49. The molecule has 6 rings (SSSR count). The van der Waals surface area contributed by atoms with Crippen LogP contribution in [0.15, 0.2) is 43.0 Å². The Hall–Kier alpha value is -3.55. The molecule has 1 saturated carbocycles. The van der Waals surface area contributed by atoms with Gasteiger partial charge in [0.2, 0.25) is 5.95 Å². The maximum Gasteiger partial charge on any atom is 0.210 e. The first-order valence-corrected chi connectivity index (χ1v) is 9.53. The van der Waals surface area contributed by atoms with Crippen molar-refractivity contribution in [3.8, 4) is 16.9 Å². The number of hydrogen-bond acceptors (Lipinski definition) is 6. The minimum absolute atomic E-state index is 0.218.